The van der Waals surface area contributed by atoms with Crippen molar-refractivity contribution in [2.45, 2.75) is 40.5 Å². The summed E-state index contributed by atoms with van der Waals surface area (Å²) in [6.07, 6.45) is 0.622. The van der Waals surface area contributed by atoms with Crippen LogP contribution in [0.4, 0.5) is 0 Å². The Labute approximate surface area is 79.1 Å². The van der Waals surface area contributed by atoms with Crippen molar-refractivity contribution in [3.05, 3.63) is 0 Å². The molecular formula is C10H18O3. The Morgan fingerprint density at radius 3 is 2.08 bits per heavy atom. The van der Waals surface area contributed by atoms with Gasteiger partial charge in [-0.2, -0.15) is 0 Å². The van der Waals surface area contributed by atoms with Crippen LogP contribution in [0.2, 0.25) is 0 Å². The molecule has 76 valence electrons. The highest BCUT2D eigenvalue weighted by atomic mass is 16.4. The summed E-state index contributed by atoms with van der Waals surface area (Å²) in [5.41, 5.74) is -0.888. The van der Waals surface area contributed by atoms with Crippen LogP contribution >= 0.6 is 0 Å². The second-order valence-electron chi connectivity index (χ2n) is 4.02. The first-order valence-corrected chi connectivity index (χ1v) is 4.59. The molecular weight excluding hydrogens is 168 g/mol. The number of carboxylic acids is 1. The Balaban J connectivity index is 4.45. The fourth-order valence-electron chi connectivity index (χ4n) is 0.941. The molecule has 0 saturated carbocycles. The Hall–Kier alpha value is -0.860. The normalized spacial score (nSPS) is 15.5. The van der Waals surface area contributed by atoms with Crippen LogP contribution in [0.25, 0.3) is 0 Å². The molecule has 13 heavy (non-hydrogen) atoms. The van der Waals surface area contributed by atoms with Crippen LogP contribution in [0.3, 0.4) is 0 Å². The number of rotatable bonds is 5. The molecule has 3 nitrogen and oxygen atoms in total. The van der Waals surface area contributed by atoms with Crippen LogP contribution in [-0.2, 0) is 9.59 Å². The van der Waals surface area contributed by atoms with E-state index in [1.807, 2.05) is 0 Å². The van der Waals surface area contributed by atoms with Crippen LogP contribution in [0, 0.1) is 11.3 Å². The lowest BCUT2D eigenvalue weighted by Gasteiger charge is -2.22. The Morgan fingerprint density at radius 2 is 1.85 bits per heavy atom. The largest absolute Gasteiger partial charge is 0.481 e. The minimum Gasteiger partial charge on any atom is -0.481 e. The van der Waals surface area contributed by atoms with Crippen molar-refractivity contribution < 1.29 is 14.7 Å². The average Bonchev–Trinajstić information content (AvgIpc) is 2.03. The van der Waals surface area contributed by atoms with E-state index >= 15 is 0 Å². The average molecular weight is 186 g/mol. The molecule has 0 spiro atoms. The topological polar surface area (TPSA) is 54.4 Å². The quantitative estimate of drug-likeness (QED) is 0.715. The fourth-order valence-corrected chi connectivity index (χ4v) is 0.941. The van der Waals surface area contributed by atoms with E-state index in [-0.39, 0.29) is 18.1 Å². The standard InChI is InChI=1S/C10H18O3/c1-5-10(4,9(12)13)6-8(11)7(2)3/h7H,5-6H2,1-4H3,(H,12,13). The Bertz CT molecular complexity index is 208. The fraction of sp³-hybridized carbons (Fsp3) is 0.800. The summed E-state index contributed by atoms with van der Waals surface area (Å²) in [5, 5.41) is 8.91. The van der Waals surface area contributed by atoms with Crippen LogP contribution in [0.1, 0.15) is 40.5 Å². The second kappa shape index (κ2) is 4.40. The van der Waals surface area contributed by atoms with Crippen LogP contribution in [0.15, 0.2) is 0 Å². The van der Waals surface area contributed by atoms with E-state index in [0.29, 0.717) is 6.42 Å². The van der Waals surface area contributed by atoms with Crippen molar-refractivity contribution in [1.82, 2.24) is 0 Å². The highest BCUT2D eigenvalue weighted by molar-refractivity contribution is 5.87. The van der Waals surface area contributed by atoms with E-state index in [2.05, 4.69) is 0 Å². The molecule has 0 saturated heterocycles. The number of Topliss-reactive ketones (excluding diaryl/α,β-unsaturated/α-hetero) is 1. The maximum absolute atomic E-state index is 11.4. The third kappa shape index (κ3) is 3.17. The number of carbonyl (C=O) groups excluding carboxylic acids is 1. The zero-order valence-electron chi connectivity index (χ0n) is 8.76. The molecule has 0 fully saturated rings. The van der Waals surface area contributed by atoms with E-state index in [1.54, 1.807) is 27.7 Å². The van der Waals surface area contributed by atoms with E-state index in [9.17, 15) is 9.59 Å². The molecule has 0 radical (unpaired) electrons. The van der Waals surface area contributed by atoms with Gasteiger partial charge in [0, 0.05) is 12.3 Å². The number of carbonyl (C=O) groups is 2. The van der Waals surface area contributed by atoms with Crippen molar-refractivity contribution in [2.75, 3.05) is 0 Å². The smallest absolute Gasteiger partial charge is 0.309 e. The molecule has 0 rings (SSSR count). The van der Waals surface area contributed by atoms with Gasteiger partial charge in [0.25, 0.3) is 0 Å². The van der Waals surface area contributed by atoms with Crippen molar-refractivity contribution in [3.8, 4) is 0 Å². The van der Waals surface area contributed by atoms with Gasteiger partial charge in [-0.25, -0.2) is 0 Å². The maximum atomic E-state index is 11.4. The van der Waals surface area contributed by atoms with Crippen molar-refractivity contribution in [1.29, 1.82) is 0 Å². The van der Waals surface area contributed by atoms with Gasteiger partial charge >= 0.3 is 5.97 Å². The molecule has 0 amide bonds. The van der Waals surface area contributed by atoms with Gasteiger partial charge in [0.05, 0.1) is 5.41 Å². The molecule has 0 aliphatic rings. The highest BCUT2D eigenvalue weighted by Crippen LogP contribution is 2.27. The lowest BCUT2D eigenvalue weighted by molar-refractivity contribution is -0.151. The van der Waals surface area contributed by atoms with E-state index in [1.165, 1.54) is 0 Å². The summed E-state index contributed by atoms with van der Waals surface area (Å²) in [5.74, 6) is -0.944. The number of carboxylic acid groups (broad SMARTS) is 1. The molecule has 1 atom stereocenters. The van der Waals surface area contributed by atoms with Gasteiger partial charge in [-0.05, 0) is 13.3 Å². The van der Waals surface area contributed by atoms with Gasteiger partial charge in [0.15, 0.2) is 0 Å². The third-order valence-electron chi connectivity index (χ3n) is 2.50. The molecule has 1 N–H and O–H groups in total. The predicted octanol–water partition coefficient (Wildman–Crippen LogP) is 2.10. The van der Waals surface area contributed by atoms with Crippen molar-refractivity contribution in [2.24, 2.45) is 11.3 Å². The maximum Gasteiger partial charge on any atom is 0.309 e. The predicted molar refractivity (Wildman–Crippen MR) is 50.5 cm³/mol. The highest BCUT2D eigenvalue weighted by Gasteiger charge is 2.33. The first kappa shape index (κ1) is 12.1. The van der Waals surface area contributed by atoms with Crippen LogP contribution < -0.4 is 0 Å². The summed E-state index contributed by atoms with van der Waals surface area (Å²) in [4.78, 5) is 22.2. The van der Waals surface area contributed by atoms with Gasteiger partial charge in [-0.15, -0.1) is 0 Å². The molecule has 0 aliphatic carbocycles. The van der Waals surface area contributed by atoms with E-state index in [4.69, 9.17) is 5.11 Å². The molecule has 0 bridgehead atoms. The first-order valence-electron chi connectivity index (χ1n) is 4.59. The third-order valence-corrected chi connectivity index (χ3v) is 2.50. The molecule has 0 aliphatic heterocycles. The molecule has 0 aromatic heterocycles. The first-order chi connectivity index (χ1) is 5.83. The lowest BCUT2D eigenvalue weighted by atomic mass is 9.80. The molecule has 0 aromatic rings. The van der Waals surface area contributed by atoms with Crippen molar-refractivity contribution in [3.63, 3.8) is 0 Å². The van der Waals surface area contributed by atoms with E-state index in [0.717, 1.165) is 0 Å². The van der Waals surface area contributed by atoms with Crippen LogP contribution in [0.5, 0.6) is 0 Å². The lowest BCUT2D eigenvalue weighted by Crippen LogP contribution is -2.31. The molecule has 0 aromatic carbocycles. The zero-order chi connectivity index (χ0) is 10.6. The van der Waals surface area contributed by atoms with Gasteiger partial charge in [0.2, 0.25) is 0 Å². The zero-order valence-corrected chi connectivity index (χ0v) is 8.76. The number of hydrogen-bond acceptors (Lipinski definition) is 2. The summed E-state index contributed by atoms with van der Waals surface area (Å²) < 4.78 is 0. The number of aliphatic carboxylic acids is 1. The van der Waals surface area contributed by atoms with Gasteiger partial charge < -0.3 is 5.11 Å². The van der Waals surface area contributed by atoms with Crippen molar-refractivity contribution >= 4 is 11.8 Å². The summed E-state index contributed by atoms with van der Waals surface area (Å²) in [6, 6.07) is 0. The summed E-state index contributed by atoms with van der Waals surface area (Å²) in [6.45, 7) is 7.00. The monoisotopic (exact) mass is 186 g/mol. The minimum atomic E-state index is -0.888. The Kier molecular flexibility index (Phi) is 4.11. The van der Waals surface area contributed by atoms with E-state index < -0.39 is 11.4 Å². The minimum absolute atomic E-state index is 0.0201. The number of ketones is 1. The number of hydrogen-bond donors (Lipinski definition) is 1. The molecule has 3 heteroatoms. The van der Waals surface area contributed by atoms with Gasteiger partial charge in [-0.1, -0.05) is 20.8 Å². The van der Waals surface area contributed by atoms with Crippen LogP contribution in [-0.4, -0.2) is 16.9 Å². The Morgan fingerprint density at radius 1 is 1.38 bits per heavy atom. The molecule has 1 unspecified atom stereocenters. The second-order valence-corrected chi connectivity index (χ2v) is 4.02. The SMILES string of the molecule is CCC(C)(CC(=O)C(C)C)C(=O)O. The summed E-state index contributed by atoms with van der Waals surface area (Å²) in [7, 11) is 0. The van der Waals surface area contributed by atoms with Gasteiger partial charge in [0.1, 0.15) is 5.78 Å². The molecule has 0 heterocycles. The summed E-state index contributed by atoms with van der Waals surface area (Å²) >= 11 is 0. The van der Waals surface area contributed by atoms with Gasteiger partial charge in [-0.3, -0.25) is 9.59 Å².